The molecule has 0 radical (unpaired) electrons. The minimum Gasteiger partial charge on any atom is -0.378 e. The lowest BCUT2D eigenvalue weighted by Crippen LogP contribution is -3.14. The Bertz CT molecular complexity index is 895. The predicted molar refractivity (Wildman–Crippen MR) is 106 cm³/mol. The number of amides is 1. The molecular formula is C23H25F2N2O2+. The van der Waals surface area contributed by atoms with Crippen LogP contribution in [0.2, 0.25) is 0 Å². The number of hydrogen-bond donors (Lipinski definition) is 1. The van der Waals surface area contributed by atoms with Gasteiger partial charge in [0.05, 0.1) is 25.7 Å². The van der Waals surface area contributed by atoms with Crippen LogP contribution in [0.5, 0.6) is 0 Å². The largest absolute Gasteiger partial charge is 0.378 e. The molecule has 1 N–H and O–H groups in total. The van der Waals surface area contributed by atoms with Crippen molar-refractivity contribution in [3.8, 4) is 0 Å². The van der Waals surface area contributed by atoms with Crippen molar-refractivity contribution in [1.82, 2.24) is 4.90 Å². The molecular weight excluding hydrogens is 374 g/mol. The van der Waals surface area contributed by atoms with Crippen LogP contribution in [0.3, 0.4) is 0 Å². The van der Waals surface area contributed by atoms with E-state index in [1.807, 2.05) is 41.3 Å². The average Bonchev–Trinajstić information content (AvgIpc) is 2.76. The summed E-state index contributed by atoms with van der Waals surface area (Å²) in [4.78, 5) is 15.7. The number of halogens is 2. The van der Waals surface area contributed by atoms with Crippen molar-refractivity contribution in [3.05, 3.63) is 77.4 Å². The van der Waals surface area contributed by atoms with Crippen molar-refractivity contribution in [3.63, 3.8) is 0 Å². The molecule has 2 aromatic rings. The van der Waals surface area contributed by atoms with Crippen LogP contribution in [0, 0.1) is 11.6 Å². The first-order valence-corrected chi connectivity index (χ1v) is 10.0. The Morgan fingerprint density at radius 1 is 1.10 bits per heavy atom. The van der Waals surface area contributed by atoms with E-state index >= 15 is 0 Å². The SMILES string of the molecule is O=C(C[NH+]1CC(c2cc(F)ccc2F)=CC(c2ccccc2)C1)N1CCOCC1. The molecule has 2 unspecified atom stereocenters. The second-order valence-corrected chi connectivity index (χ2v) is 7.63. The molecule has 2 aliphatic rings. The number of benzene rings is 2. The van der Waals surface area contributed by atoms with Gasteiger partial charge in [0.15, 0.2) is 6.54 Å². The van der Waals surface area contributed by atoms with Crippen molar-refractivity contribution < 1.29 is 23.2 Å². The molecule has 4 rings (SSSR count). The summed E-state index contributed by atoms with van der Waals surface area (Å²) in [5.74, 6) is -0.786. The van der Waals surface area contributed by atoms with Crippen LogP contribution < -0.4 is 4.90 Å². The van der Waals surface area contributed by atoms with Crippen molar-refractivity contribution in [1.29, 1.82) is 0 Å². The summed E-state index contributed by atoms with van der Waals surface area (Å²) in [5, 5.41) is 0. The molecule has 0 aliphatic carbocycles. The summed E-state index contributed by atoms with van der Waals surface area (Å²) in [6.07, 6.45) is 2.02. The van der Waals surface area contributed by atoms with Gasteiger partial charge >= 0.3 is 0 Å². The Kier molecular flexibility index (Phi) is 6.02. The molecule has 2 atom stereocenters. The highest BCUT2D eigenvalue weighted by molar-refractivity contribution is 5.77. The number of ether oxygens (including phenoxy) is 1. The van der Waals surface area contributed by atoms with Gasteiger partial charge in [0.2, 0.25) is 0 Å². The average molecular weight is 399 g/mol. The molecule has 0 bridgehead atoms. The predicted octanol–water partition coefficient (Wildman–Crippen LogP) is 1.89. The van der Waals surface area contributed by atoms with Gasteiger partial charge in [-0.2, -0.15) is 0 Å². The Labute approximate surface area is 169 Å². The molecule has 4 nitrogen and oxygen atoms in total. The number of quaternary nitrogens is 1. The van der Waals surface area contributed by atoms with Gasteiger partial charge in [0.25, 0.3) is 5.91 Å². The zero-order valence-electron chi connectivity index (χ0n) is 16.2. The smallest absolute Gasteiger partial charge is 0.277 e. The van der Waals surface area contributed by atoms with Crippen LogP contribution in [0.4, 0.5) is 8.78 Å². The van der Waals surface area contributed by atoms with Gasteiger partial charge < -0.3 is 14.5 Å². The fourth-order valence-corrected chi connectivity index (χ4v) is 4.13. The summed E-state index contributed by atoms with van der Waals surface area (Å²) in [7, 11) is 0. The second kappa shape index (κ2) is 8.84. The van der Waals surface area contributed by atoms with Crippen molar-refractivity contribution in [2.45, 2.75) is 5.92 Å². The third kappa shape index (κ3) is 4.71. The molecule has 0 aromatic heterocycles. The van der Waals surface area contributed by atoms with Gasteiger partial charge in [-0.3, -0.25) is 4.79 Å². The number of carbonyl (C=O) groups excluding carboxylic acids is 1. The number of morpholine rings is 1. The maximum atomic E-state index is 14.5. The Morgan fingerprint density at radius 3 is 2.62 bits per heavy atom. The quantitative estimate of drug-likeness (QED) is 0.852. The van der Waals surface area contributed by atoms with E-state index in [0.717, 1.165) is 34.7 Å². The van der Waals surface area contributed by atoms with Gasteiger partial charge in [-0.1, -0.05) is 36.4 Å². The van der Waals surface area contributed by atoms with Crippen LogP contribution in [0.25, 0.3) is 5.57 Å². The van der Waals surface area contributed by atoms with E-state index in [4.69, 9.17) is 4.74 Å². The third-order valence-electron chi connectivity index (χ3n) is 5.62. The van der Waals surface area contributed by atoms with E-state index in [9.17, 15) is 13.6 Å². The number of nitrogens with one attached hydrogen (secondary N) is 1. The first kappa shape index (κ1) is 19.7. The monoisotopic (exact) mass is 399 g/mol. The van der Waals surface area contributed by atoms with Crippen molar-refractivity contribution in [2.75, 3.05) is 45.9 Å². The number of rotatable bonds is 4. The van der Waals surface area contributed by atoms with E-state index < -0.39 is 11.6 Å². The highest BCUT2D eigenvalue weighted by atomic mass is 19.1. The lowest BCUT2D eigenvalue weighted by Gasteiger charge is -2.32. The fraction of sp³-hybridized carbons (Fsp3) is 0.348. The molecule has 6 heteroatoms. The maximum absolute atomic E-state index is 14.5. The number of hydrogen-bond acceptors (Lipinski definition) is 2. The standard InChI is InChI=1S/C23H24F2N2O2/c24-20-6-7-22(25)21(13-20)19-12-18(17-4-2-1-3-5-17)14-26(15-19)16-23(28)27-8-10-29-11-9-27/h1-7,12-13,18H,8-11,14-16H2/p+1. The molecule has 2 heterocycles. The van der Waals surface area contributed by atoms with Crippen LogP contribution >= 0.6 is 0 Å². The van der Waals surface area contributed by atoms with Gasteiger partial charge in [0, 0.05) is 24.2 Å². The van der Waals surface area contributed by atoms with Crippen LogP contribution in [-0.2, 0) is 9.53 Å². The highest BCUT2D eigenvalue weighted by Crippen LogP contribution is 2.26. The molecule has 0 saturated carbocycles. The van der Waals surface area contributed by atoms with Crippen molar-refractivity contribution >= 4 is 11.5 Å². The molecule has 1 amide bonds. The highest BCUT2D eigenvalue weighted by Gasteiger charge is 2.30. The Balaban J connectivity index is 1.60. The second-order valence-electron chi connectivity index (χ2n) is 7.63. The van der Waals surface area contributed by atoms with Crippen molar-refractivity contribution in [2.24, 2.45) is 0 Å². The zero-order chi connectivity index (χ0) is 20.2. The lowest BCUT2D eigenvalue weighted by molar-refractivity contribution is -0.886. The number of carbonyl (C=O) groups is 1. The van der Waals surface area contributed by atoms with E-state index in [1.165, 1.54) is 6.07 Å². The summed E-state index contributed by atoms with van der Waals surface area (Å²) in [6, 6.07) is 13.5. The molecule has 1 fully saturated rings. The first-order valence-electron chi connectivity index (χ1n) is 10.0. The third-order valence-corrected chi connectivity index (χ3v) is 5.62. The van der Waals surface area contributed by atoms with E-state index in [1.54, 1.807) is 0 Å². The van der Waals surface area contributed by atoms with E-state index in [2.05, 4.69) is 0 Å². The molecule has 152 valence electrons. The van der Waals surface area contributed by atoms with Crippen LogP contribution in [0.1, 0.15) is 17.0 Å². The Morgan fingerprint density at radius 2 is 1.86 bits per heavy atom. The minimum atomic E-state index is -0.463. The first-order chi connectivity index (χ1) is 14.1. The number of nitrogens with zero attached hydrogens (tertiary/aromatic N) is 1. The normalized spacial score (nSPS) is 22.3. The topological polar surface area (TPSA) is 34.0 Å². The lowest BCUT2D eigenvalue weighted by atomic mass is 9.89. The summed E-state index contributed by atoms with van der Waals surface area (Å²) in [5.41, 5.74) is 2.13. The molecule has 2 aliphatic heterocycles. The summed E-state index contributed by atoms with van der Waals surface area (Å²) >= 11 is 0. The van der Waals surface area contributed by atoms with E-state index in [0.29, 0.717) is 39.4 Å². The van der Waals surface area contributed by atoms with Crippen LogP contribution in [0.15, 0.2) is 54.6 Å². The van der Waals surface area contributed by atoms with Gasteiger partial charge in [-0.15, -0.1) is 0 Å². The summed E-state index contributed by atoms with van der Waals surface area (Å²) in [6.45, 7) is 3.89. The van der Waals surface area contributed by atoms with Crippen LogP contribution in [-0.4, -0.2) is 56.7 Å². The Hall–Kier alpha value is -2.57. The fourth-order valence-electron chi connectivity index (χ4n) is 4.13. The minimum absolute atomic E-state index is 0.0371. The van der Waals surface area contributed by atoms with Gasteiger partial charge in [-0.05, 0) is 23.8 Å². The molecule has 29 heavy (non-hydrogen) atoms. The van der Waals surface area contributed by atoms with Gasteiger partial charge in [0.1, 0.15) is 18.2 Å². The van der Waals surface area contributed by atoms with E-state index in [-0.39, 0.29) is 17.4 Å². The molecule has 0 spiro atoms. The molecule has 1 saturated heterocycles. The summed E-state index contributed by atoms with van der Waals surface area (Å²) < 4.78 is 33.6. The zero-order valence-corrected chi connectivity index (χ0v) is 16.2. The maximum Gasteiger partial charge on any atom is 0.277 e. The van der Waals surface area contributed by atoms with Gasteiger partial charge in [-0.25, -0.2) is 8.78 Å². The molecule has 2 aromatic carbocycles.